The number of halogens is 1. The van der Waals surface area contributed by atoms with Crippen LogP contribution in [-0.4, -0.2) is 66.1 Å². The molecule has 0 bridgehead atoms. The lowest BCUT2D eigenvalue weighted by molar-refractivity contribution is 0.0374. The Morgan fingerprint density at radius 2 is 2.27 bits per heavy atom. The number of carbonyl (C=O) groups excluding carboxylic acids is 1. The van der Waals surface area contributed by atoms with Gasteiger partial charge in [-0.05, 0) is 49.6 Å². The molecule has 2 unspecified atom stereocenters. The maximum atomic E-state index is 14.3. The maximum Gasteiger partial charge on any atom is 0.251 e. The predicted molar refractivity (Wildman–Crippen MR) is 118 cm³/mol. The number of amides is 1. The van der Waals surface area contributed by atoms with Crippen LogP contribution < -0.4 is 5.32 Å². The number of aromatic nitrogens is 2. The summed E-state index contributed by atoms with van der Waals surface area (Å²) < 4.78 is 19.7. The van der Waals surface area contributed by atoms with Crippen molar-refractivity contribution in [1.29, 1.82) is 0 Å². The second kappa shape index (κ2) is 7.96. The van der Waals surface area contributed by atoms with Crippen LogP contribution in [0.4, 0.5) is 4.39 Å². The van der Waals surface area contributed by atoms with E-state index in [0.717, 1.165) is 61.4 Å². The summed E-state index contributed by atoms with van der Waals surface area (Å²) in [6.45, 7) is 5.11. The number of rotatable bonds is 6. The van der Waals surface area contributed by atoms with E-state index in [1.54, 1.807) is 6.08 Å². The second-order valence-corrected chi connectivity index (χ2v) is 8.43. The van der Waals surface area contributed by atoms with E-state index in [1.807, 2.05) is 30.4 Å². The summed E-state index contributed by atoms with van der Waals surface area (Å²) in [5, 5.41) is 11.4. The Morgan fingerprint density at radius 3 is 3.13 bits per heavy atom. The standard InChI is InChI=1S/C23H27FN4O2.2H2/c24-23-6-1-3-16(13-18(23)15-23)21-19-14-17(4-5-20(19)26-27-21)22(29)25-7-2-8-28-9-11-30-12-10-28;;/h1,4-6,13-14,18H,2-3,7-12,15H2,(H,25,29)(H,26,27);2*1H. The number of allylic oxidation sites excluding steroid dienone is 4. The number of nitrogens with zero attached hydrogens (tertiary/aromatic N) is 2. The van der Waals surface area contributed by atoms with Crippen molar-refractivity contribution in [1.82, 2.24) is 20.4 Å². The summed E-state index contributed by atoms with van der Waals surface area (Å²) >= 11 is 0. The third kappa shape index (κ3) is 3.91. The topological polar surface area (TPSA) is 70.2 Å². The first-order valence-corrected chi connectivity index (χ1v) is 10.8. The van der Waals surface area contributed by atoms with E-state index < -0.39 is 5.67 Å². The van der Waals surface area contributed by atoms with Crippen molar-refractivity contribution in [2.75, 3.05) is 39.4 Å². The van der Waals surface area contributed by atoms with Crippen LogP contribution in [0.15, 0.2) is 36.4 Å². The van der Waals surface area contributed by atoms with Crippen molar-refractivity contribution in [3.63, 3.8) is 0 Å². The van der Waals surface area contributed by atoms with Crippen LogP contribution in [-0.2, 0) is 4.74 Å². The third-order valence-corrected chi connectivity index (χ3v) is 6.29. The molecule has 3 aliphatic rings. The van der Waals surface area contributed by atoms with Crippen molar-refractivity contribution in [2.45, 2.75) is 24.9 Å². The van der Waals surface area contributed by atoms with E-state index >= 15 is 0 Å². The Balaban J connectivity index is 0.00000144. The first kappa shape index (κ1) is 19.5. The van der Waals surface area contributed by atoms with Gasteiger partial charge in [0, 0.05) is 39.4 Å². The average molecular weight is 415 g/mol. The molecule has 0 radical (unpaired) electrons. The summed E-state index contributed by atoms with van der Waals surface area (Å²) in [5.74, 6) is -0.137. The molecular weight excluding hydrogens is 383 g/mol. The highest BCUT2D eigenvalue weighted by molar-refractivity contribution is 6.00. The van der Waals surface area contributed by atoms with Crippen molar-refractivity contribution >= 4 is 22.4 Å². The SMILES string of the molecule is O=C(NCCCN1CCOCC1)c1ccc2[nH]nc(C3=CC4CC4(F)C=CC3)c2c1.[HH].[HH]. The van der Waals surface area contributed by atoms with Gasteiger partial charge in [0.05, 0.1) is 24.4 Å². The second-order valence-electron chi connectivity index (χ2n) is 8.43. The monoisotopic (exact) mass is 414 g/mol. The number of benzene rings is 1. The van der Waals surface area contributed by atoms with E-state index in [4.69, 9.17) is 4.74 Å². The van der Waals surface area contributed by atoms with E-state index in [-0.39, 0.29) is 14.7 Å². The Kier molecular flexibility index (Phi) is 5.16. The van der Waals surface area contributed by atoms with Gasteiger partial charge in [0.15, 0.2) is 0 Å². The fourth-order valence-electron chi connectivity index (χ4n) is 4.37. The molecule has 30 heavy (non-hydrogen) atoms. The number of aromatic amines is 1. The minimum atomic E-state index is -1.17. The summed E-state index contributed by atoms with van der Waals surface area (Å²) in [6.07, 6.45) is 7.70. The van der Waals surface area contributed by atoms with Gasteiger partial charge in [-0.25, -0.2) is 4.39 Å². The quantitative estimate of drug-likeness (QED) is 0.560. The van der Waals surface area contributed by atoms with Crippen LogP contribution in [0.25, 0.3) is 16.5 Å². The number of alkyl halides is 1. The molecule has 1 aliphatic heterocycles. The molecule has 2 aliphatic carbocycles. The smallest absolute Gasteiger partial charge is 0.251 e. The number of carbonyl (C=O) groups is 1. The Hall–Kier alpha value is -2.51. The molecule has 5 rings (SSSR count). The molecule has 1 aromatic carbocycles. The van der Waals surface area contributed by atoms with Crippen LogP contribution in [0.3, 0.4) is 0 Å². The molecule has 2 N–H and O–H groups in total. The van der Waals surface area contributed by atoms with Crippen molar-refractivity contribution in [2.24, 2.45) is 5.92 Å². The molecule has 1 amide bonds. The van der Waals surface area contributed by atoms with Gasteiger partial charge in [-0.15, -0.1) is 0 Å². The molecule has 0 spiro atoms. The van der Waals surface area contributed by atoms with Gasteiger partial charge in [-0.3, -0.25) is 14.8 Å². The molecule has 2 aromatic rings. The fraction of sp³-hybridized carbons (Fsp3) is 0.478. The van der Waals surface area contributed by atoms with Gasteiger partial charge in [-0.2, -0.15) is 5.10 Å². The zero-order valence-electron chi connectivity index (χ0n) is 17.0. The molecule has 6 nitrogen and oxygen atoms in total. The van der Waals surface area contributed by atoms with Crippen LogP contribution in [0.2, 0.25) is 0 Å². The first-order valence-electron chi connectivity index (χ1n) is 10.8. The lowest BCUT2D eigenvalue weighted by Crippen LogP contribution is -2.38. The molecule has 2 heterocycles. The maximum absolute atomic E-state index is 14.3. The van der Waals surface area contributed by atoms with Gasteiger partial charge in [0.25, 0.3) is 5.91 Å². The lowest BCUT2D eigenvalue weighted by Gasteiger charge is -2.26. The minimum Gasteiger partial charge on any atom is -0.379 e. The van der Waals surface area contributed by atoms with Gasteiger partial charge in [-0.1, -0.05) is 18.2 Å². The number of nitrogens with one attached hydrogen (secondary N) is 2. The Morgan fingerprint density at radius 1 is 1.40 bits per heavy atom. The molecule has 7 heteroatoms. The highest BCUT2D eigenvalue weighted by Gasteiger charge is 2.52. The first-order chi connectivity index (χ1) is 14.6. The van der Waals surface area contributed by atoms with E-state index in [0.29, 0.717) is 24.9 Å². The fourth-order valence-corrected chi connectivity index (χ4v) is 4.37. The number of fused-ring (bicyclic) bond motifs is 2. The van der Waals surface area contributed by atoms with Gasteiger partial charge in [0.2, 0.25) is 0 Å². The van der Waals surface area contributed by atoms with Gasteiger partial charge < -0.3 is 10.1 Å². The summed E-state index contributed by atoms with van der Waals surface area (Å²) in [7, 11) is 0. The predicted octanol–water partition coefficient (Wildman–Crippen LogP) is 3.58. The highest BCUT2D eigenvalue weighted by atomic mass is 19.1. The molecular formula is C23H31FN4O2. The van der Waals surface area contributed by atoms with Crippen LogP contribution in [0.1, 0.15) is 38.2 Å². The van der Waals surface area contributed by atoms with E-state index in [2.05, 4.69) is 20.4 Å². The minimum absolute atomic E-state index is 0. The molecule has 2 atom stereocenters. The molecule has 2 fully saturated rings. The summed E-state index contributed by atoms with van der Waals surface area (Å²) in [5.41, 5.74) is 2.16. The average Bonchev–Trinajstić information content (AvgIpc) is 3.25. The number of ether oxygens (including phenoxy) is 1. The third-order valence-electron chi connectivity index (χ3n) is 6.29. The van der Waals surface area contributed by atoms with E-state index in [9.17, 15) is 9.18 Å². The summed E-state index contributed by atoms with van der Waals surface area (Å²) in [6, 6.07) is 5.59. The largest absolute Gasteiger partial charge is 0.379 e. The van der Waals surface area contributed by atoms with Crippen LogP contribution in [0, 0.1) is 5.92 Å². The zero-order valence-corrected chi connectivity index (χ0v) is 17.0. The normalized spacial score (nSPS) is 26.2. The zero-order chi connectivity index (χ0) is 20.6. The number of morpholine rings is 1. The molecule has 1 saturated heterocycles. The lowest BCUT2D eigenvalue weighted by atomic mass is 10.0. The molecule has 162 valence electrons. The van der Waals surface area contributed by atoms with Crippen LogP contribution in [0.5, 0.6) is 0 Å². The van der Waals surface area contributed by atoms with Crippen LogP contribution >= 0.6 is 0 Å². The van der Waals surface area contributed by atoms with Gasteiger partial charge in [0.1, 0.15) is 5.67 Å². The van der Waals surface area contributed by atoms with Gasteiger partial charge >= 0.3 is 0 Å². The number of hydrogen-bond acceptors (Lipinski definition) is 4. The highest BCUT2D eigenvalue weighted by Crippen LogP contribution is 2.52. The van der Waals surface area contributed by atoms with Crippen molar-refractivity contribution < 1.29 is 16.8 Å². The summed E-state index contributed by atoms with van der Waals surface area (Å²) in [4.78, 5) is 15.0. The number of hydrogen-bond donors (Lipinski definition) is 2. The van der Waals surface area contributed by atoms with Crippen molar-refractivity contribution in [3.05, 3.63) is 47.7 Å². The molecule has 1 aromatic heterocycles. The van der Waals surface area contributed by atoms with Crippen molar-refractivity contribution in [3.8, 4) is 0 Å². The Bertz CT molecular complexity index is 1020. The molecule has 1 saturated carbocycles. The number of H-pyrrole nitrogens is 1. The van der Waals surface area contributed by atoms with E-state index in [1.165, 1.54) is 0 Å². The Labute approximate surface area is 178 Å².